The number of hydrogen-bond acceptors (Lipinski definition) is 15. The molecule has 4 saturated carbocycles. The number of rotatable bonds is 5. The molecule has 56 heavy (non-hydrogen) atoms. The third kappa shape index (κ3) is 5.92. The smallest absolute Gasteiger partial charge is 0.187 e. The van der Waals surface area contributed by atoms with Crippen LogP contribution in [0, 0.1) is 39.9 Å². The lowest BCUT2D eigenvalue weighted by Crippen LogP contribution is -2.75. The van der Waals surface area contributed by atoms with Crippen LogP contribution in [0.4, 0.5) is 0 Å². The van der Waals surface area contributed by atoms with Crippen molar-refractivity contribution in [3.63, 3.8) is 0 Å². The van der Waals surface area contributed by atoms with Gasteiger partial charge in [0.15, 0.2) is 12.6 Å². The highest BCUT2D eigenvalue weighted by atomic mass is 16.8. The van der Waals surface area contributed by atoms with Gasteiger partial charge in [-0.1, -0.05) is 27.7 Å². The molecule has 0 aromatic heterocycles. The third-order valence-electron chi connectivity index (χ3n) is 16.8. The molecular weight excluding hydrogens is 732 g/mol. The van der Waals surface area contributed by atoms with E-state index < -0.39 is 113 Å². The quantitative estimate of drug-likeness (QED) is 0.175. The molecule has 320 valence electrons. The minimum Gasteiger partial charge on any atom is -0.394 e. The Morgan fingerprint density at radius 3 is 2.20 bits per heavy atom. The summed E-state index contributed by atoms with van der Waals surface area (Å²) in [6.45, 7) is 13.1. The van der Waals surface area contributed by atoms with E-state index in [0.717, 1.165) is 0 Å². The first kappa shape index (κ1) is 41.8. The molecule has 21 atom stereocenters. The fourth-order valence-corrected chi connectivity index (χ4v) is 14.0. The molecular formula is C41H66O15. The van der Waals surface area contributed by atoms with E-state index in [2.05, 4.69) is 20.8 Å². The standard InChI is InChI=1S/C41H66O15/c1-36(2)24(44)9-11-38(5)23-14-19(43)26-18(40(7)12-10-25(56-40)37(3,4)50)8-13-41(26)39(23,6)15-20(33(36)38)52-35-32(30(48)28(46)22(54-35)17-51-41)55-34-31(49)29(47)27(45)21(16-42)53-34/h18-23,25-35,42-43,45-50H,8-17H2,1-7H3/t18?,19-,20+,21?,22?,23?,25-,26?,27+,28+,29?,30?,31?,32?,33?,34-,35+,38-,39-,40+,41+/m1/s1. The molecule has 4 aliphatic heterocycles. The number of fused-ring (bicyclic) bond motifs is 6. The predicted molar refractivity (Wildman–Crippen MR) is 194 cm³/mol. The first-order valence-electron chi connectivity index (χ1n) is 20.9. The Hall–Kier alpha value is -0.890. The molecule has 0 aromatic rings. The van der Waals surface area contributed by atoms with E-state index in [1.807, 2.05) is 13.8 Å². The maximum absolute atomic E-state index is 13.9. The molecule has 1 spiro atoms. The Bertz CT molecular complexity index is 1500. The molecule has 10 unspecified atom stereocenters. The molecule has 15 nitrogen and oxygen atoms in total. The molecule has 8 fully saturated rings. The maximum atomic E-state index is 13.9. The number of ether oxygens (including phenoxy) is 6. The van der Waals surface area contributed by atoms with Crippen LogP contribution in [0.15, 0.2) is 0 Å². The van der Waals surface area contributed by atoms with Gasteiger partial charge in [0.1, 0.15) is 54.6 Å². The topological polar surface area (TPSA) is 234 Å². The van der Waals surface area contributed by atoms with Crippen molar-refractivity contribution in [2.24, 2.45) is 39.9 Å². The van der Waals surface area contributed by atoms with Crippen LogP contribution in [0.25, 0.3) is 0 Å². The second-order valence-corrected chi connectivity index (χ2v) is 20.6. The predicted octanol–water partition coefficient (Wildman–Crippen LogP) is 0.310. The van der Waals surface area contributed by atoms with Crippen LogP contribution in [0.2, 0.25) is 0 Å². The van der Waals surface area contributed by atoms with E-state index in [0.29, 0.717) is 51.4 Å². The van der Waals surface area contributed by atoms with Gasteiger partial charge in [-0.25, -0.2) is 0 Å². The van der Waals surface area contributed by atoms with E-state index in [1.165, 1.54) is 0 Å². The first-order valence-corrected chi connectivity index (χ1v) is 20.9. The van der Waals surface area contributed by atoms with Gasteiger partial charge >= 0.3 is 0 Å². The van der Waals surface area contributed by atoms with Crippen LogP contribution in [-0.2, 0) is 33.2 Å². The van der Waals surface area contributed by atoms with Crippen LogP contribution in [0.1, 0.15) is 99.8 Å². The van der Waals surface area contributed by atoms with E-state index in [-0.39, 0.29) is 42.2 Å². The molecule has 0 radical (unpaired) electrons. The molecule has 0 aromatic carbocycles. The van der Waals surface area contributed by atoms with Crippen molar-refractivity contribution in [1.82, 2.24) is 0 Å². The van der Waals surface area contributed by atoms with E-state index >= 15 is 0 Å². The Morgan fingerprint density at radius 2 is 1.54 bits per heavy atom. The highest BCUT2D eigenvalue weighted by Crippen LogP contribution is 2.74. The minimum absolute atomic E-state index is 0.0875. The number of carbonyl (C=O) groups excluding carboxylic acids is 1. The molecule has 8 N–H and O–H groups in total. The van der Waals surface area contributed by atoms with Crippen molar-refractivity contribution in [2.75, 3.05) is 13.2 Å². The van der Waals surface area contributed by atoms with Crippen LogP contribution >= 0.6 is 0 Å². The van der Waals surface area contributed by atoms with Crippen molar-refractivity contribution >= 4 is 5.78 Å². The van der Waals surface area contributed by atoms with Gasteiger partial charge in [-0.05, 0) is 83.0 Å². The Balaban J connectivity index is 1.20. The van der Waals surface area contributed by atoms with Gasteiger partial charge < -0.3 is 69.3 Å². The number of hydrogen-bond donors (Lipinski definition) is 8. The summed E-state index contributed by atoms with van der Waals surface area (Å²) in [4.78, 5) is 13.9. The molecule has 8 rings (SSSR count). The lowest BCUT2D eigenvalue weighted by molar-refractivity contribution is -0.395. The molecule has 15 heteroatoms. The Kier molecular flexibility index (Phi) is 10.3. The van der Waals surface area contributed by atoms with Gasteiger partial charge in [-0.3, -0.25) is 4.79 Å². The molecule has 4 saturated heterocycles. The summed E-state index contributed by atoms with van der Waals surface area (Å²) in [5.74, 6) is -0.849. The van der Waals surface area contributed by atoms with Gasteiger partial charge in [0, 0.05) is 29.1 Å². The number of aliphatic hydroxyl groups is 8. The minimum atomic E-state index is -1.78. The number of carbonyl (C=O) groups is 1. The highest BCUT2D eigenvalue weighted by molar-refractivity contribution is 5.85. The Labute approximate surface area is 328 Å². The van der Waals surface area contributed by atoms with Crippen molar-refractivity contribution in [3.05, 3.63) is 0 Å². The van der Waals surface area contributed by atoms with E-state index in [1.54, 1.807) is 13.8 Å². The van der Waals surface area contributed by atoms with Crippen molar-refractivity contribution in [1.29, 1.82) is 0 Å². The zero-order valence-corrected chi connectivity index (χ0v) is 33.8. The van der Waals surface area contributed by atoms with E-state index in [4.69, 9.17) is 28.4 Å². The van der Waals surface area contributed by atoms with Gasteiger partial charge in [-0.2, -0.15) is 0 Å². The summed E-state index contributed by atoms with van der Waals surface area (Å²) in [5, 5.41) is 88.5. The second-order valence-electron chi connectivity index (χ2n) is 20.6. The average Bonchev–Trinajstić information content (AvgIpc) is 3.74. The van der Waals surface area contributed by atoms with Crippen LogP contribution in [0.3, 0.4) is 0 Å². The zero-order valence-electron chi connectivity index (χ0n) is 33.8. The van der Waals surface area contributed by atoms with Crippen molar-refractivity contribution in [2.45, 2.75) is 196 Å². The van der Waals surface area contributed by atoms with Crippen molar-refractivity contribution in [3.8, 4) is 0 Å². The number of ketones is 1. The van der Waals surface area contributed by atoms with Crippen molar-refractivity contribution < 1.29 is 74.1 Å². The monoisotopic (exact) mass is 798 g/mol. The first-order chi connectivity index (χ1) is 26.0. The highest BCUT2D eigenvalue weighted by Gasteiger charge is 2.76. The van der Waals surface area contributed by atoms with Crippen LogP contribution < -0.4 is 0 Å². The fourth-order valence-electron chi connectivity index (χ4n) is 14.0. The summed E-state index contributed by atoms with van der Waals surface area (Å²) in [5.41, 5.74) is -4.61. The summed E-state index contributed by atoms with van der Waals surface area (Å²) in [6.07, 6.45) is -12.6. The largest absolute Gasteiger partial charge is 0.394 e. The van der Waals surface area contributed by atoms with Gasteiger partial charge in [0.05, 0.1) is 48.3 Å². The summed E-state index contributed by atoms with van der Waals surface area (Å²) >= 11 is 0. The summed E-state index contributed by atoms with van der Waals surface area (Å²) < 4.78 is 39.3. The lowest BCUT2D eigenvalue weighted by Gasteiger charge is -2.71. The Morgan fingerprint density at radius 1 is 0.839 bits per heavy atom. The molecule has 0 amide bonds. The average molecular weight is 799 g/mol. The molecule has 8 aliphatic rings. The summed E-state index contributed by atoms with van der Waals surface area (Å²) in [6, 6.07) is 0. The third-order valence-corrected chi connectivity index (χ3v) is 16.8. The lowest BCUT2D eigenvalue weighted by atomic mass is 9.36. The molecule has 4 bridgehead atoms. The van der Waals surface area contributed by atoms with Crippen LogP contribution in [0.5, 0.6) is 0 Å². The van der Waals surface area contributed by atoms with Gasteiger partial charge in [0.2, 0.25) is 0 Å². The van der Waals surface area contributed by atoms with Gasteiger partial charge in [0.25, 0.3) is 0 Å². The van der Waals surface area contributed by atoms with Gasteiger partial charge in [-0.15, -0.1) is 0 Å². The SMILES string of the molecule is CC1(C)C(=O)CC[C@@]2(C)C1[C@@H]1C[C@]3(C)C2C[C@@H](O)C2C([C@]4(C)CC[C@H](C(C)(C)O)O4)CC[C@]23OCC2O[C@H](O1)C(O[C@H]1OC(CO)[C@H](O)C(O)C1O)C(O)[C@H]2O. The number of aliphatic hydroxyl groups excluding tert-OH is 7. The number of Topliss-reactive ketones (excluding diaryl/α,β-unsaturated/α-hetero) is 1. The molecule has 4 aliphatic carbocycles. The zero-order chi connectivity index (χ0) is 40.7. The maximum Gasteiger partial charge on any atom is 0.187 e. The summed E-state index contributed by atoms with van der Waals surface area (Å²) in [7, 11) is 0. The van der Waals surface area contributed by atoms with E-state index in [9.17, 15) is 45.6 Å². The molecule has 4 heterocycles. The van der Waals surface area contributed by atoms with Crippen LogP contribution in [-0.4, -0.2) is 156 Å². The normalized spacial score (nSPS) is 57.0. The fraction of sp³-hybridized carbons (Fsp3) is 0.976. The second kappa shape index (κ2) is 13.8.